The molecule has 0 saturated heterocycles. The van der Waals surface area contributed by atoms with Crippen molar-refractivity contribution in [2.75, 3.05) is 3.28 Å². The topological polar surface area (TPSA) is 95.3 Å². The van der Waals surface area contributed by atoms with Gasteiger partial charge in [-0.3, -0.25) is 0 Å². The molecule has 0 amide bonds. The van der Waals surface area contributed by atoms with E-state index in [4.69, 9.17) is 11.6 Å². The summed E-state index contributed by atoms with van der Waals surface area (Å²) in [5, 5.41) is 11.5. The molecule has 0 aliphatic carbocycles. The highest BCUT2D eigenvalue weighted by atomic mass is 127. The number of aryl methyl sites for hydroxylation is 1. The summed E-state index contributed by atoms with van der Waals surface area (Å²) in [4.78, 5) is 3.99. The second-order valence-corrected chi connectivity index (χ2v) is 8.28. The maximum absolute atomic E-state index is 13.1. The number of hydrogen-bond acceptors (Lipinski definition) is 5. The average Bonchev–Trinajstić information content (AvgIpc) is 2.90. The van der Waals surface area contributed by atoms with Crippen LogP contribution < -0.4 is 3.28 Å². The van der Waals surface area contributed by atoms with Crippen molar-refractivity contribution in [3.8, 4) is 0 Å². The van der Waals surface area contributed by atoms with Gasteiger partial charge in [-0.25, -0.2) is 20.4 Å². The Morgan fingerprint density at radius 3 is 2.67 bits per heavy atom. The van der Waals surface area contributed by atoms with Gasteiger partial charge in [0.15, 0.2) is 0 Å². The van der Waals surface area contributed by atoms with Crippen LogP contribution in [0.5, 0.6) is 0 Å². The second kappa shape index (κ2) is 6.39. The van der Waals surface area contributed by atoms with E-state index in [1.165, 1.54) is 12.1 Å². The Balaban J connectivity index is 2.28. The molecule has 0 atom stereocenters. The number of nitrogens with zero attached hydrogens (tertiary/aromatic N) is 3. The normalized spacial score (nSPS) is 11.8. The molecule has 0 fully saturated rings. The van der Waals surface area contributed by atoms with Gasteiger partial charge < -0.3 is 8.48 Å². The van der Waals surface area contributed by atoms with Crippen LogP contribution in [0.25, 0.3) is 11.0 Å². The van der Waals surface area contributed by atoms with Crippen LogP contribution in [0.15, 0.2) is 47.4 Å². The van der Waals surface area contributed by atoms with Gasteiger partial charge in [0.25, 0.3) is 31.5 Å². The number of hydrogen-bond donors (Lipinski definition) is 0. The van der Waals surface area contributed by atoms with E-state index in [2.05, 4.69) is 4.98 Å². The van der Waals surface area contributed by atoms with Crippen LogP contribution >= 0.6 is 33.1 Å². The molecule has 0 N–H and O–H groups in total. The van der Waals surface area contributed by atoms with Crippen molar-refractivity contribution in [1.82, 2.24) is 8.96 Å². The molecule has 1 aromatic heterocycles. The summed E-state index contributed by atoms with van der Waals surface area (Å²) in [6.07, 6.45) is 0. The molecule has 7 nitrogen and oxygen atoms in total. The fraction of sp³-hybridized carbons (Fsp3) is 0.0714. The zero-order chi connectivity index (χ0) is 17.5. The predicted octanol–water partition coefficient (Wildman–Crippen LogP) is 3.77. The van der Waals surface area contributed by atoms with Gasteiger partial charge >= 0.3 is 0 Å². The Bertz CT molecular complexity index is 1050. The lowest BCUT2D eigenvalue weighted by atomic mass is 10.3. The predicted molar refractivity (Wildman–Crippen MR) is 99.1 cm³/mol. The van der Waals surface area contributed by atoms with E-state index >= 15 is 0 Å². The molecule has 0 bridgehead atoms. The van der Waals surface area contributed by atoms with E-state index in [1.807, 2.05) is 0 Å². The van der Waals surface area contributed by atoms with Crippen molar-refractivity contribution in [3.63, 3.8) is 0 Å². The first-order valence-corrected chi connectivity index (χ1v) is 10.3. The third kappa shape index (κ3) is 2.81. The summed E-state index contributed by atoms with van der Waals surface area (Å²) < 4.78 is 38.3. The van der Waals surface area contributed by atoms with Crippen LogP contribution in [0.2, 0.25) is 5.02 Å². The zero-order valence-electron chi connectivity index (χ0n) is 12.2. The van der Waals surface area contributed by atoms with Crippen molar-refractivity contribution in [3.05, 3.63) is 58.5 Å². The van der Waals surface area contributed by atoms with Crippen LogP contribution in [0.3, 0.4) is 0 Å². The largest absolute Gasteiger partial charge is 0.748 e. The van der Waals surface area contributed by atoms with Gasteiger partial charge in [0.05, 0.1) is 16.1 Å². The molecule has 3 rings (SSSR count). The van der Waals surface area contributed by atoms with Crippen LogP contribution in [0.1, 0.15) is 5.82 Å². The fourth-order valence-corrected chi connectivity index (χ4v) is 4.89. The number of anilines is 1. The van der Waals surface area contributed by atoms with E-state index in [0.29, 0.717) is 11.0 Å². The standard InChI is InChI=1S/C14H10ClIN3O4S/c1-9-17-12-4-2-3-5-13(12)18(9)24(22,23)14-8-10(19(21)16-20)6-7-11(14)15/h2-8H,1H3/q-1. The molecular weight excluding hydrogens is 469 g/mol. The van der Waals surface area contributed by atoms with E-state index in [9.17, 15) is 16.7 Å². The van der Waals surface area contributed by atoms with Gasteiger partial charge in [-0.05, 0) is 37.3 Å². The Hall–Kier alpha value is -1.56. The molecule has 3 aromatic rings. The number of halogens is 2. The smallest absolute Gasteiger partial charge is 0.271 e. The average molecular weight is 479 g/mol. The lowest BCUT2D eigenvalue weighted by Gasteiger charge is -2.22. The molecule has 0 unspecified atom stereocenters. The minimum absolute atomic E-state index is 0.0251. The van der Waals surface area contributed by atoms with Crippen LogP contribution in [0.4, 0.5) is 5.69 Å². The summed E-state index contributed by atoms with van der Waals surface area (Å²) in [6.45, 7) is 1.57. The Morgan fingerprint density at radius 1 is 1.25 bits per heavy atom. The SMILES string of the molecule is Cc1nc2ccccc2n1S(=O)(=O)c1cc(N([O-])I=O)ccc1Cl. The number of imidazole rings is 1. The number of para-hydroxylation sites is 2. The lowest BCUT2D eigenvalue weighted by molar-refractivity contribution is 0.587. The van der Waals surface area contributed by atoms with Gasteiger partial charge in [0.1, 0.15) is 10.7 Å². The summed E-state index contributed by atoms with van der Waals surface area (Å²) in [6, 6.07) is 10.5. The van der Waals surface area contributed by atoms with Gasteiger partial charge in [-0.2, -0.15) is 0 Å². The Labute approximate surface area is 153 Å². The van der Waals surface area contributed by atoms with E-state index < -0.39 is 31.5 Å². The molecule has 0 radical (unpaired) electrons. The zero-order valence-corrected chi connectivity index (χ0v) is 15.9. The molecule has 0 saturated carbocycles. The number of rotatable bonds is 4. The van der Waals surface area contributed by atoms with Crippen molar-refractivity contribution < 1.29 is 11.5 Å². The highest BCUT2D eigenvalue weighted by molar-refractivity contribution is 14.1. The van der Waals surface area contributed by atoms with Gasteiger partial charge in [0, 0.05) is 5.69 Å². The van der Waals surface area contributed by atoms with Crippen molar-refractivity contribution >= 4 is 59.8 Å². The minimum atomic E-state index is -4.08. The highest BCUT2D eigenvalue weighted by Crippen LogP contribution is 2.32. The van der Waals surface area contributed by atoms with Crippen LogP contribution in [-0.2, 0) is 13.1 Å². The van der Waals surface area contributed by atoms with Crippen molar-refractivity contribution in [2.45, 2.75) is 11.8 Å². The summed E-state index contributed by atoms with van der Waals surface area (Å²) in [5.41, 5.74) is 0.913. The molecule has 24 heavy (non-hydrogen) atoms. The van der Waals surface area contributed by atoms with Gasteiger partial charge in [-0.1, -0.05) is 23.7 Å². The molecule has 1 heterocycles. The monoisotopic (exact) mass is 478 g/mol. The van der Waals surface area contributed by atoms with Gasteiger partial charge in [-0.15, -0.1) is 0 Å². The molecule has 0 aliphatic heterocycles. The van der Waals surface area contributed by atoms with E-state index in [0.717, 1.165) is 10.0 Å². The minimum Gasteiger partial charge on any atom is -0.748 e. The maximum Gasteiger partial charge on any atom is 0.271 e. The Kier molecular flexibility index (Phi) is 4.60. The second-order valence-electron chi connectivity index (χ2n) is 4.85. The lowest BCUT2D eigenvalue weighted by Crippen LogP contribution is -2.15. The van der Waals surface area contributed by atoms with Crippen molar-refractivity contribution in [1.29, 1.82) is 0 Å². The third-order valence-electron chi connectivity index (χ3n) is 3.38. The van der Waals surface area contributed by atoms with E-state index in [-0.39, 0.29) is 24.7 Å². The maximum atomic E-state index is 13.1. The van der Waals surface area contributed by atoms with Crippen LogP contribution in [0, 0.1) is 12.1 Å². The molecule has 0 aliphatic rings. The van der Waals surface area contributed by atoms with Gasteiger partial charge in [0.2, 0.25) is 0 Å². The summed E-state index contributed by atoms with van der Waals surface area (Å²) in [5.74, 6) is 0.271. The molecule has 2 aromatic carbocycles. The Morgan fingerprint density at radius 2 is 1.96 bits per heavy atom. The first-order valence-electron chi connectivity index (χ1n) is 6.60. The van der Waals surface area contributed by atoms with E-state index in [1.54, 1.807) is 31.2 Å². The quantitative estimate of drug-likeness (QED) is 0.322. The molecular formula is C14H10ClIN3O4S-. The van der Waals surface area contributed by atoms with Crippen LogP contribution in [-0.4, -0.2) is 17.4 Å². The first-order chi connectivity index (χ1) is 11.4. The first kappa shape index (κ1) is 17.3. The molecule has 0 spiro atoms. The number of benzene rings is 2. The summed E-state index contributed by atoms with van der Waals surface area (Å²) >= 11 is 4.04. The third-order valence-corrected chi connectivity index (χ3v) is 6.57. The summed E-state index contributed by atoms with van der Waals surface area (Å²) in [7, 11) is -4.08. The number of fused-ring (bicyclic) bond motifs is 1. The highest BCUT2D eigenvalue weighted by Gasteiger charge is 2.25. The fourth-order valence-electron chi connectivity index (χ4n) is 2.37. The molecule has 126 valence electrons. The molecule has 10 heteroatoms. The van der Waals surface area contributed by atoms with Crippen molar-refractivity contribution in [2.24, 2.45) is 0 Å². The number of aromatic nitrogens is 2.